The van der Waals surface area contributed by atoms with Gasteiger partial charge in [-0.25, -0.2) is 0 Å². The molecule has 0 aromatic heterocycles. The first kappa shape index (κ1) is 10.8. The molecule has 1 nitrogen and oxygen atoms in total. The standard InChI is InChI=1S/C13H16N/c1-11(2)5-3-6-12-7-4-8-13(9-12)10-14/h4,7-9H,3,5-6H2,1-2H3. The summed E-state index contributed by atoms with van der Waals surface area (Å²) in [6.07, 6.45) is 3.43. The molecule has 1 rings (SSSR count). The van der Waals surface area contributed by atoms with Gasteiger partial charge < -0.3 is 0 Å². The Morgan fingerprint density at radius 2 is 2.14 bits per heavy atom. The lowest BCUT2D eigenvalue weighted by Crippen LogP contribution is -1.90. The Labute approximate surface area is 86.4 Å². The SMILES string of the molecule is C[C](C)CCCc1cccc(C#N)c1. The van der Waals surface area contributed by atoms with E-state index in [2.05, 4.69) is 26.0 Å². The van der Waals surface area contributed by atoms with Crippen molar-refractivity contribution in [1.82, 2.24) is 0 Å². The fraction of sp³-hybridized carbons (Fsp3) is 0.385. The number of aryl methyl sites for hydroxylation is 1. The quantitative estimate of drug-likeness (QED) is 0.706. The van der Waals surface area contributed by atoms with Gasteiger partial charge in [-0.05, 0) is 42.9 Å². The molecule has 0 unspecified atom stereocenters. The van der Waals surface area contributed by atoms with Gasteiger partial charge in [0.05, 0.1) is 11.6 Å². The molecule has 0 aliphatic heterocycles. The number of nitrogens with zero attached hydrogens (tertiary/aromatic N) is 1. The number of hydrogen-bond donors (Lipinski definition) is 0. The molecule has 0 N–H and O–H groups in total. The fourth-order valence-electron chi connectivity index (χ4n) is 1.44. The van der Waals surface area contributed by atoms with Crippen LogP contribution in [0.2, 0.25) is 0 Å². The zero-order valence-corrected chi connectivity index (χ0v) is 8.88. The molecule has 0 aliphatic rings. The highest BCUT2D eigenvalue weighted by Crippen LogP contribution is 2.12. The maximum atomic E-state index is 8.72. The third kappa shape index (κ3) is 3.62. The molecule has 1 aromatic carbocycles. The van der Waals surface area contributed by atoms with E-state index in [-0.39, 0.29) is 0 Å². The van der Waals surface area contributed by atoms with Gasteiger partial charge in [0.25, 0.3) is 0 Å². The lowest BCUT2D eigenvalue weighted by Gasteiger charge is -2.04. The average Bonchev–Trinajstić information content (AvgIpc) is 2.18. The van der Waals surface area contributed by atoms with Gasteiger partial charge in [-0.3, -0.25) is 0 Å². The van der Waals surface area contributed by atoms with Crippen molar-refractivity contribution >= 4 is 0 Å². The van der Waals surface area contributed by atoms with Crippen LogP contribution in [0.4, 0.5) is 0 Å². The third-order valence-corrected chi connectivity index (χ3v) is 2.20. The molecular formula is C13H16N. The zero-order chi connectivity index (χ0) is 10.4. The van der Waals surface area contributed by atoms with Crippen molar-refractivity contribution in [2.75, 3.05) is 0 Å². The van der Waals surface area contributed by atoms with Crippen LogP contribution < -0.4 is 0 Å². The minimum Gasteiger partial charge on any atom is -0.192 e. The minimum atomic E-state index is 0.764. The van der Waals surface area contributed by atoms with Gasteiger partial charge in [0.15, 0.2) is 0 Å². The molecule has 0 heterocycles. The monoisotopic (exact) mass is 186 g/mol. The highest BCUT2D eigenvalue weighted by molar-refractivity contribution is 5.32. The summed E-state index contributed by atoms with van der Waals surface area (Å²) in [5.41, 5.74) is 2.03. The lowest BCUT2D eigenvalue weighted by molar-refractivity contribution is 0.746. The molecule has 0 aliphatic carbocycles. The maximum absolute atomic E-state index is 8.72. The molecule has 0 bridgehead atoms. The molecule has 0 saturated carbocycles. The Morgan fingerprint density at radius 1 is 1.36 bits per heavy atom. The summed E-state index contributed by atoms with van der Waals surface area (Å²) in [6.45, 7) is 4.32. The highest BCUT2D eigenvalue weighted by atomic mass is 14.2. The molecule has 14 heavy (non-hydrogen) atoms. The Morgan fingerprint density at radius 3 is 2.79 bits per heavy atom. The van der Waals surface area contributed by atoms with E-state index in [0.29, 0.717) is 0 Å². The van der Waals surface area contributed by atoms with Crippen molar-refractivity contribution in [3.8, 4) is 6.07 Å². The van der Waals surface area contributed by atoms with Crippen molar-refractivity contribution in [3.05, 3.63) is 41.3 Å². The van der Waals surface area contributed by atoms with Gasteiger partial charge in [-0.15, -0.1) is 0 Å². The molecule has 1 aromatic rings. The van der Waals surface area contributed by atoms with Crippen LogP contribution in [-0.4, -0.2) is 0 Å². The Bertz CT molecular complexity index is 320. The normalized spacial score (nSPS) is 10.1. The van der Waals surface area contributed by atoms with Gasteiger partial charge in [0.2, 0.25) is 0 Å². The summed E-state index contributed by atoms with van der Waals surface area (Å²) < 4.78 is 0. The van der Waals surface area contributed by atoms with Crippen LogP contribution in [0.5, 0.6) is 0 Å². The summed E-state index contributed by atoms with van der Waals surface area (Å²) in [6, 6.07) is 10.0. The molecule has 0 saturated heterocycles. The smallest absolute Gasteiger partial charge is 0.0991 e. The van der Waals surface area contributed by atoms with Gasteiger partial charge >= 0.3 is 0 Å². The summed E-state index contributed by atoms with van der Waals surface area (Å²) in [7, 11) is 0. The Balaban J connectivity index is 2.47. The topological polar surface area (TPSA) is 23.8 Å². The lowest BCUT2D eigenvalue weighted by atomic mass is 10.0. The molecule has 1 heteroatoms. The molecule has 0 atom stereocenters. The molecule has 0 spiro atoms. The first-order valence-electron chi connectivity index (χ1n) is 5.00. The first-order chi connectivity index (χ1) is 6.72. The Hall–Kier alpha value is -1.29. The van der Waals surface area contributed by atoms with Crippen molar-refractivity contribution in [2.24, 2.45) is 0 Å². The van der Waals surface area contributed by atoms with E-state index in [9.17, 15) is 0 Å². The van der Waals surface area contributed by atoms with E-state index >= 15 is 0 Å². The molecule has 0 fully saturated rings. The van der Waals surface area contributed by atoms with Crippen molar-refractivity contribution in [3.63, 3.8) is 0 Å². The number of rotatable bonds is 4. The molecule has 73 valence electrons. The van der Waals surface area contributed by atoms with Gasteiger partial charge in [-0.1, -0.05) is 26.0 Å². The predicted molar refractivity (Wildman–Crippen MR) is 58.7 cm³/mol. The van der Waals surface area contributed by atoms with Crippen LogP contribution in [0.25, 0.3) is 0 Å². The summed E-state index contributed by atoms with van der Waals surface area (Å²) in [4.78, 5) is 0. The van der Waals surface area contributed by atoms with Gasteiger partial charge in [0, 0.05) is 0 Å². The van der Waals surface area contributed by atoms with E-state index in [4.69, 9.17) is 5.26 Å². The third-order valence-electron chi connectivity index (χ3n) is 2.20. The number of benzene rings is 1. The summed E-state index contributed by atoms with van der Waals surface area (Å²) in [5, 5.41) is 8.72. The highest BCUT2D eigenvalue weighted by Gasteiger charge is 1.97. The van der Waals surface area contributed by atoms with Crippen LogP contribution in [0.15, 0.2) is 24.3 Å². The minimum absolute atomic E-state index is 0.764. The first-order valence-corrected chi connectivity index (χ1v) is 5.00. The van der Waals surface area contributed by atoms with Crippen LogP contribution in [0, 0.1) is 17.2 Å². The number of hydrogen-bond acceptors (Lipinski definition) is 1. The zero-order valence-electron chi connectivity index (χ0n) is 8.88. The van der Waals surface area contributed by atoms with Crippen molar-refractivity contribution in [1.29, 1.82) is 5.26 Å². The summed E-state index contributed by atoms with van der Waals surface area (Å²) in [5.74, 6) is 1.47. The van der Waals surface area contributed by atoms with Crippen LogP contribution in [0.3, 0.4) is 0 Å². The van der Waals surface area contributed by atoms with Crippen molar-refractivity contribution in [2.45, 2.75) is 33.1 Å². The maximum Gasteiger partial charge on any atom is 0.0991 e. The second kappa shape index (κ2) is 5.44. The van der Waals surface area contributed by atoms with E-state index < -0.39 is 0 Å². The van der Waals surface area contributed by atoms with E-state index in [1.54, 1.807) is 0 Å². The van der Waals surface area contributed by atoms with E-state index in [1.807, 2.05) is 18.2 Å². The van der Waals surface area contributed by atoms with Crippen LogP contribution in [0.1, 0.15) is 37.8 Å². The average molecular weight is 186 g/mol. The Kier molecular flexibility index (Phi) is 4.19. The summed E-state index contributed by atoms with van der Waals surface area (Å²) >= 11 is 0. The predicted octanol–water partition coefficient (Wildman–Crippen LogP) is 3.50. The molecule has 1 radical (unpaired) electrons. The molecular weight excluding hydrogens is 170 g/mol. The fourth-order valence-corrected chi connectivity index (χ4v) is 1.44. The van der Waals surface area contributed by atoms with E-state index in [1.165, 1.54) is 24.3 Å². The van der Waals surface area contributed by atoms with Gasteiger partial charge in [0.1, 0.15) is 0 Å². The largest absolute Gasteiger partial charge is 0.192 e. The second-order valence-electron chi connectivity index (χ2n) is 3.87. The second-order valence-corrected chi connectivity index (χ2v) is 3.87. The van der Waals surface area contributed by atoms with E-state index in [0.717, 1.165) is 12.0 Å². The number of nitriles is 1. The van der Waals surface area contributed by atoms with Crippen molar-refractivity contribution < 1.29 is 0 Å². The van der Waals surface area contributed by atoms with Gasteiger partial charge in [-0.2, -0.15) is 5.26 Å². The van der Waals surface area contributed by atoms with Crippen LogP contribution in [-0.2, 0) is 6.42 Å². The molecule has 0 amide bonds. The van der Waals surface area contributed by atoms with Crippen LogP contribution >= 0.6 is 0 Å².